The third kappa shape index (κ3) is 2.92. The largest absolute Gasteiger partial charge is 0.457 e. The van der Waals surface area contributed by atoms with Gasteiger partial charge in [0.1, 0.15) is 11.5 Å². The highest BCUT2D eigenvalue weighted by Crippen LogP contribution is 2.29. The second kappa shape index (κ2) is 5.55. The van der Waals surface area contributed by atoms with Crippen LogP contribution >= 0.6 is 27.5 Å². The molecule has 0 unspecified atom stereocenters. The van der Waals surface area contributed by atoms with Gasteiger partial charge in [0.2, 0.25) is 0 Å². The molecule has 0 radical (unpaired) electrons. The minimum atomic E-state index is 0.386. The highest BCUT2D eigenvalue weighted by molar-refractivity contribution is 9.10. The smallest absolute Gasteiger partial charge is 0.151 e. The van der Waals surface area contributed by atoms with Gasteiger partial charge in [-0.15, -0.1) is 0 Å². The Bertz CT molecular complexity index is 596. The van der Waals surface area contributed by atoms with Gasteiger partial charge in [-0.05, 0) is 42.8 Å². The third-order valence-electron chi connectivity index (χ3n) is 2.46. The predicted octanol–water partition coefficient (Wildman–Crippen LogP) is 5.02. The van der Waals surface area contributed by atoms with Crippen molar-refractivity contribution in [2.75, 3.05) is 0 Å². The summed E-state index contributed by atoms with van der Waals surface area (Å²) in [7, 11) is 0. The molecule has 0 bridgehead atoms. The number of hydrogen-bond acceptors (Lipinski definition) is 2. The van der Waals surface area contributed by atoms with Crippen molar-refractivity contribution in [1.82, 2.24) is 0 Å². The number of benzene rings is 2. The van der Waals surface area contributed by atoms with Crippen LogP contribution in [0.15, 0.2) is 40.9 Å². The lowest BCUT2D eigenvalue weighted by Crippen LogP contribution is -1.89. The van der Waals surface area contributed by atoms with E-state index in [1.807, 2.05) is 25.1 Å². The average molecular weight is 326 g/mol. The summed E-state index contributed by atoms with van der Waals surface area (Å²) in [5, 5.41) is 0.386. The summed E-state index contributed by atoms with van der Waals surface area (Å²) in [5.41, 5.74) is 1.47. The Morgan fingerprint density at radius 2 is 2.00 bits per heavy atom. The number of ether oxygens (including phenoxy) is 1. The quantitative estimate of drug-likeness (QED) is 0.741. The second-order valence-electron chi connectivity index (χ2n) is 3.81. The molecular weight excluding hydrogens is 316 g/mol. The van der Waals surface area contributed by atoms with E-state index in [2.05, 4.69) is 15.9 Å². The molecule has 18 heavy (non-hydrogen) atoms. The van der Waals surface area contributed by atoms with Crippen LogP contribution in [-0.2, 0) is 0 Å². The lowest BCUT2D eigenvalue weighted by molar-refractivity contribution is 0.112. The summed E-state index contributed by atoms with van der Waals surface area (Å²) < 4.78 is 6.72. The van der Waals surface area contributed by atoms with Crippen LogP contribution in [0.3, 0.4) is 0 Å². The molecular formula is C14H10BrClO2. The molecule has 0 fully saturated rings. The standard InChI is InChI=1S/C14H10BrClO2/c1-9-6-11(15)3-5-14(9)18-12-4-2-10(8-17)13(16)7-12/h2-8H,1H3. The van der Waals surface area contributed by atoms with Crippen LogP contribution in [0.4, 0.5) is 0 Å². The SMILES string of the molecule is Cc1cc(Br)ccc1Oc1ccc(C=O)c(Cl)c1. The van der Waals surface area contributed by atoms with Crippen molar-refractivity contribution in [3.8, 4) is 11.5 Å². The summed E-state index contributed by atoms with van der Waals surface area (Å²) in [6.45, 7) is 1.96. The van der Waals surface area contributed by atoms with Crippen LogP contribution in [0.25, 0.3) is 0 Å². The van der Waals surface area contributed by atoms with Gasteiger partial charge in [0.15, 0.2) is 6.29 Å². The van der Waals surface area contributed by atoms with Gasteiger partial charge in [0.25, 0.3) is 0 Å². The van der Waals surface area contributed by atoms with Gasteiger partial charge >= 0.3 is 0 Å². The lowest BCUT2D eigenvalue weighted by atomic mass is 10.2. The molecule has 0 aliphatic rings. The van der Waals surface area contributed by atoms with Gasteiger partial charge in [-0.3, -0.25) is 4.79 Å². The van der Waals surface area contributed by atoms with Crippen molar-refractivity contribution in [3.05, 3.63) is 57.0 Å². The first-order valence-electron chi connectivity index (χ1n) is 5.29. The summed E-state index contributed by atoms with van der Waals surface area (Å²) in [5.74, 6) is 1.36. The number of carbonyl (C=O) groups is 1. The molecule has 0 aromatic heterocycles. The van der Waals surface area contributed by atoms with Gasteiger partial charge < -0.3 is 4.74 Å². The van der Waals surface area contributed by atoms with E-state index in [1.165, 1.54) is 0 Å². The molecule has 2 aromatic carbocycles. The first-order valence-corrected chi connectivity index (χ1v) is 6.46. The van der Waals surface area contributed by atoms with Gasteiger partial charge in [0.05, 0.1) is 5.02 Å². The van der Waals surface area contributed by atoms with E-state index in [-0.39, 0.29) is 0 Å². The lowest BCUT2D eigenvalue weighted by Gasteiger charge is -2.09. The van der Waals surface area contributed by atoms with E-state index in [9.17, 15) is 4.79 Å². The van der Waals surface area contributed by atoms with Crippen LogP contribution in [-0.4, -0.2) is 6.29 Å². The van der Waals surface area contributed by atoms with Gasteiger partial charge in [-0.25, -0.2) is 0 Å². The minimum absolute atomic E-state index is 0.386. The van der Waals surface area contributed by atoms with E-state index in [0.717, 1.165) is 22.1 Å². The Balaban J connectivity index is 2.28. The van der Waals surface area contributed by atoms with Crippen LogP contribution in [0.5, 0.6) is 11.5 Å². The number of aryl methyl sites for hydroxylation is 1. The molecule has 0 saturated carbocycles. The van der Waals surface area contributed by atoms with Crippen molar-refractivity contribution in [1.29, 1.82) is 0 Å². The molecule has 4 heteroatoms. The molecule has 2 rings (SSSR count). The van der Waals surface area contributed by atoms with Gasteiger partial charge in [-0.2, -0.15) is 0 Å². The zero-order chi connectivity index (χ0) is 13.1. The van der Waals surface area contributed by atoms with Crippen molar-refractivity contribution >= 4 is 33.8 Å². The fourth-order valence-corrected chi connectivity index (χ4v) is 2.21. The maximum atomic E-state index is 10.7. The molecule has 0 aliphatic carbocycles. The molecule has 0 saturated heterocycles. The number of rotatable bonds is 3. The predicted molar refractivity (Wildman–Crippen MR) is 75.8 cm³/mol. The molecule has 92 valence electrons. The Hall–Kier alpha value is -1.32. The summed E-state index contributed by atoms with van der Waals surface area (Å²) >= 11 is 9.34. The third-order valence-corrected chi connectivity index (χ3v) is 3.28. The van der Waals surface area contributed by atoms with Crippen LogP contribution in [0.2, 0.25) is 5.02 Å². The molecule has 0 heterocycles. The van der Waals surface area contributed by atoms with E-state index in [1.54, 1.807) is 18.2 Å². The molecule has 0 aliphatic heterocycles. The molecule has 0 N–H and O–H groups in total. The van der Waals surface area contributed by atoms with E-state index >= 15 is 0 Å². The number of hydrogen-bond donors (Lipinski definition) is 0. The topological polar surface area (TPSA) is 26.3 Å². The fourth-order valence-electron chi connectivity index (χ4n) is 1.52. The monoisotopic (exact) mass is 324 g/mol. The van der Waals surface area contributed by atoms with E-state index in [0.29, 0.717) is 16.3 Å². The zero-order valence-electron chi connectivity index (χ0n) is 9.61. The highest BCUT2D eigenvalue weighted by Gasteiger charge is 2.05. The van der Waals surface area contributed by atoms with E-state index < -0.39 is 0 Å². The maximum Gasteiger partial charge on any atom is 0.151 e. The summed E-state index contributed by atoms with van der Waals surface area (Å²) in [4.78, 5) is 10.7. The first-order chi connectivity index (χ1) is 8.60. The molecule has 2 aromatic rings. The Kier molecular flexibility index (Phi) is 4.04. The first kappa shape index (κ1) is 13.1. The molecule has 0 spiro atoms. The van der Waals surface area contributed by atoms with Crippen molar-refractivity contribution in [2.45, 2.75) is 6.92 Å². The second-order valence-corrected chi connectivity index (χ2v) is 5.14. The van der Waals surface area contributed by atoms with Crippen LogP contribution < -0.4 is 4.74 Å². The fraction of sp³-hybridized carbons (Fsp3) is 0.0714. The van der Waals surface area contributed by atoms with Gasteiger partial charge in [-0.1, -0.05) is 27.5 Å². The van der Waals surface area contributed by atoms with Crippen molar-refractivity contribution < 1.29 is 9.53 Å². The Morgan fingerprint density at radius 1 is 1.22 bits per heavy atom. The minimum Gasteiger partial charge on any atom is -0.457 e. The Morgan fingerprint density at radius 3 is 2.61 bits per heavy atom. The van der Waals surface area contributed by atoms with E-state index in [4.69, 9.17) is 16.3 Å². The number of carbonyl (C=O) groups excluding carboxylic acids is 1. The molecule has 2 nitrogen and oxygen atoms in total. The maximum absolute atomic E-state index is 10.7. The van der Waals surface area contributed by atoms with Crippen LogP contribution in [0.1, 0.15) is 15.9 Å². The molecule has 0 amide bonds. The summed E-state index contributed by atoms with van der Waals surface area (Å²) in [6, 6.07) is 10.7. The van der Waals surface area contributed by atoms with Crippen molar-refractivity contribution in [2.24, 2.45) is 0 Å². The van der Waals surface area contributed by atoms with Crippen molar-refractivity contribution in [3.63, 3.8) is 0 Å². The zero-order valence-corrected chi connectivity index (χ0v) is 12.0. The number of halogens is 2. The number of aldehydes is 1. The van der Waals surface area contributed by atoms with Crippen LogP contribution in [0, 0.1) is 6.92 Å². The highest BCUT2D eigenvalue weighted by atomic mass is 79.9. The van der Waals surface area contributed by atoms with Gasteiger partial charge in [0, 0.05) is 16.1 Å². The Labute approximate surface area is 119 Å². The average Bonchev–Trinajstić information content (AvgIpc) is 2.33. The normalized spacial score (nSPS) is 10.2. The molecule has 0 atom stereocenters. The summed E-state index contributed by atoms with van der Waals surface area (Å²) in [6.07, 6.45) is 0.719.